The molecular formula is C20H27ClN2O2. The van der Waals surface area contributed by atoms with Gasteiger partial charge in [-0.05, 0) is 68.1 Å². The zero-order valence-electron chi connectivity index (χ0n) is 14.5. The van der Waals surface area contributed by atoms with E-state index in [9.17, 15) is 4.79 Å². The normalized spacial score (nSPS) is 29.2. The molecule has 4 nitrogen and oxygen atoms in total. The fourth-order valence-electron chi connectivity index (χ4n) is 4.52. The van der Waals surface area contributed by atoms with Crippen molar-refractivity contribution >= 4 is 17.6 Å². The quantitative estimate of drug-likeness (QED) is 0.786. The standard InChI is InChI=1S/C20H27ClN2O2/c21-16-4-1-3-15(11-16)19(25-17-5-2-6-17)12-22-20(24)23-18-10-13-7-8-14(18)9-13/h1,3-4,11,13-14,17-19H,2,5-10,12H2,(H2,22,23,24). The number of hydrogen-bond donors (Lipinski definition) is 2. The highest BCUT2D eigenvalue weighted by Gasteiger charge is 2.40. The predicted octanol–water partition coefficient (Wildman–Crippen LogP) is 4.44. The summed E-state index contributed by atoms with van der Waals surface area (Å²) >= 11 is 6.13. The van der Waals surface area contributed by atoms with Crippen LogP contribution in [0.15, 0.2) is 24.3 Å². The zero-order valence-corrected chi connectivity index (χ0v) is 15.3. The van der Waals surface area contributed by atoms with Gasteiger partial charge in [0.05, 0.1) is 6.10 Å². The van der Waals surface area contributed by atoms with Crippen molar-refractivity contribution in [3.63, 3.8) is 0 Å². The second-order valence-corrected chi connectivity index (χ2v) is 8.30. The maximum atomic E-state index is 12.3. The molecule has 2 N–H and O–H groups in total. The van der Waals surface area contributed by atoms with E-state index in [2.05, 4.69) is 10.6 Å². The third kappa shape index (κ3) is 4.12. The maximum Gasteiger partial charge on any atom is 0.315 e. The Morgan fingerprint density at radius 1 is 1.24 bits per heavy atom. The minimum Gasteiger partial charge on any atom is -0.368 e. The lowest BCUT2D eigenvalue weighted by Crippen LogP contribution is -2.45. The highest BCUT2D eigenvalue weighted by atomic mass is 35.5. The molecule has 4 unspecified atom stereocenters. The Hall–Kier alpha value is -1.26. The molecule has 2 bridgehead atoms. The topological polar surface area (TPSA) is 50.4 Å². The lowest BCUT2D eigenvalue weighted by molar-refractivity contribution is -0.0509. The summed E-state index contributed by atoms with van der Waals surface area (Å²) in [5.41, 5.74) is 1.03. The van der Waals surface area contributed by atoms with E-state index in [4.69, 9.17) is 16.3 Å². The lowest BCUT2D eigenvalue weighted by Gasteiger charge is -2.31. The third-order valence-corrected chi connectivity index (χ3v) is 6.37. The van der Waals surface area contributed by atoms with Crippen LogP contribution in [0.25, 0.3) is 0 Å². The van der Waals surface area contributed by atoms with Gasteiger partial charge in [-0.15, -0.1) is 0 Å². The van der Waals surface area contributed by atoms with E-state index in [0.29, 0.717) is 29.6 Å². The molecule has 25 heavy (non-hydrogen) atoms. The van der Waals surface area contributed by atoms with Gasteiger partial charge in [0.1, 0.15) is 6.10 Å². The molecule has 3 saturated carbocycles. The van der Waals surface area contributed by atoms with Gasteiger partial charge in [-0.25, -0.2) is 4.79 Å². The molecule has 0 radical (unpaired) electrons. The molecular weight excluding hydrogens is 336 g/mol. The number of carbonyl (C=O) groups is 1. The predicted molar refractivity (Wildman–Crippen MR) is 98.7 cm³/mol. The Balaban J connectivity index is 1.32. The van der Waals surface area contributed by atoms with E-state index in [1.165, 1.54) is 25.7 Å². The van der Waals surface area contributed by atoms with Crippen LogP contribution in [0, 0.1) is 11.8 Å². The minimum absolute atomic E-state index is 0.0678. The summed E-state index contributed by atoms with van der Waals surface area (Å²) in [7, 11) is 0. The zero-order chi connectivity index (χ0) is 17.2. The molecule has 0 spiro atoms. The van der Waals surface area contributed by atoms with Gasteiger partial charge in [-0.1, -0.05) is 30.2 Å². The van der Waals surface area contributed by atoms with E-state index in [0.717, 1.165) is 30.7 Å². The Kier molecular flexibility index (Phi) is 5.18. The molecule has 2 amide bonds. The van der Waals surface area contributed by atoms with Crippen LogP contribution >= 0.6 is 11.6 Å². The smallest absolute Gasteiger partial charge is 0.315 e. The van der Waals surface area contributed by atoms with Gasteiger partial charge in [0, 0.05) is 17.6 Å². The first-order valence-corrected chi connectivity index (χ1v) is 10.0. The first-order chi connectivity index (χ1) is 12.2. The van der Waals surface area contributed by atoms with Crippen molar-refractivity contribution in [3.8, 4) is 0 Å². The second-order valence-electron chi connectivity index (χ2n) is 7.87. The minimum atomic E-state index is -0.144. The van der Waals surface area contributed by atoms with Gasteiger partial charge >= 0.3 is 6.03 Å². The van der Waals surface area contributed by atoms with Crippen molar-refractivity contribution in [1.29, 1.82) is 0 Å². The number of ether oxygens (including phenoxy) is 1. The molecule has 136 valence electrons. The largest absolute Gasteiger partial charge is 0.368 e. The molecule has 4 atom stereocenters. The van der Waals surface area contributed by atoms with Crippen LogP contribution in [-0.4, -0.2) is 24.7 Å². The highest BCUT2D eigenvalue weighted by Crippen LogP contribution is 2.44. The molecule has 0 aliphatic heterocycles. The first kappa shape index (κ1) is 17.2. The number of carbonyl (C=O) groups excluding carboxylic acids is 1. The van der Waals surface area contributed by atoms with E-state index in [-0.39, 0.29) is 12.1 Å². The van der Waals surface area contributed by atoms with Gasteiger partial charge in [0.15, 0.2) is 0 Å². The van der Waals surface area contributed by atoms with Crippen molar-refractivity contribution in [3.05, 3.63) is 34.9 Å². The summed E-state index contributed by atoms with van der Waals surface area (Å²) in [6, 6.07) is 8.04. The van der Waals surface area contributed by atoms with Crippen LogP contribution in [-0.2, 0) is 4.74 Å². The van der Waals surface area contributed by atoms with Crippen molar-refractivity contribution in [1.82, 2.24) is 10.6 Å². The number of amides is 2. The molecule has 3 fully saturated rings. The van der Waals surface area contributed by atoms with Crippen molar-refractivity contribution in [2.75, 3.05) is 6.54 Å². The second kappa shape index (κ2) is 7.55. The van der Waals surface area contributed by atoms with Gasteiger partial charge in [0.2, 0.25) is 0 Å². The number of hydrogen-bond acceptors (Lipinski definition) is 2. The molecule has 3 aliphatic rings. The van der Waals surface area contributed by atoms with Crippen LogP contribution in [0.5, 0.6) is 0 Å². The number of halogens is 1. The molecule has 1 aromatic rings. The third-order valence-electron chi connectivity index (χ3n) is 6.13. The number of rotatable bonds is 6. The summed E-state index contributed by atoms with van der Waals surface area (Å²) in [6.45, 7) is 0.476. The molecule has 0 heterocycles. The summed E-state index contributed by atoms with van der Waals surface area (Å²) < 4.78 is 6.20. The molecule has 5 heteroatoms. The average Bonchev–Trinajstić information content (AvgIpc) is 3.16. The van der Waals surface area contributed by atoms with Crippen LogP contribution < -0.4 is 10.6 Å². The SMILES string of the molecule is O=C(NCC(OC1CCC1)c1cccc(Cl)c1)NC1CC2CCC1C2. The Bertz CT molecular complexity index is 619. The number of benzene rings is 1. The molecule has 3 aliphatic carbocycles. The summed E-state index contributed by atoms with van der Waals surface area (Å²) in [4.78, 5) is 12.3. The van der Waals surface area contributed by atoms with E-state index < -0.39 is 0 Å². The van der Waals surface area contributed by atoms with E-state index in [1.54, 1.807) is 0 Å². The average molecular weight is 363 g/mol. The van der Waals surface area contributed by atoms with Crippen molar-refractivity contribution in [2.45, 2.75) is 63.2 Å². The number of fused-ring (bicyclic) bond motifs is 2. The van der Waals surface area contributed by atoms with E-state index >= 15 is 0 Å². The van der Waals surface area contributed by atoms with E-state index in [1.807, 2.05) is 24.3 Å². The fourth-order valence-corrected chi connectivity index (χ4v) is 4.72. The monoisotopic (exact) mass is 362 g/mol. The maximum absolute atomic E-state index is 12.3. The van der Waals surface area contributed by atoms with Crippen molar-refractivity contribution < 1.29 is 9.53 Å². The Morgan fingerprint density at radius 3 is 2.76 bits per heavy atom. The summed E-state index contributed by atoms with van der Waals surface area (Å²) in [5.74, 6) is 1.52. The highest BCUT2D eigenvalue weighted by molar-refractivity contribution is 6.30. The molecule has 0 saturated heterocycles. The lowest BCUT2D eigenvalue weighted by atomic mass is 9.95. The van der Waals surface area contributed by atoms with Gasteiger partial charge in [-0.3, -0.25) is 0 Å². The van der Waals surface area contributed by atoms with Gasteiger partial charge in [0.25, 0.3) is 0 Å². The fraction of sp³-hybridized carbons (Fsp3) is 0.650. The summed E-state index contributed by atoms with van der Waals surface area (Å²) in [6.07, 6.45) is 8.65. The van der Waals surface area contributed by atoms with Gasteiger partial charge < -0.3 is 15.4 Å². The first-order valence-electron chi connectivity index (χ1n) is 9.62. The summed E-state index contributed by atoms with van der Waals surface area (Å²) in [5, 5.41) is 6.90. The number of nitrogens with one attached hydrogen (secondary N) is 2. The number of urea groups is 1. The van der Waals surface area contributed by atoms with Gasteiger partial charge in [-0.2, -0.15) is 0 Å². The Labute approximate surface area is 154 Å². The molecule has 0 aromatic heterocycles. The van der Waals surface area contributed by atoms with Crippen LogP contribution in [0.1, 0.15) is 56.6 Å². The Morgan fingerprint density at radius 2 is 2.12 bits per heavy atom. The van der Waals surface area contributed by atoms with Crippen LogP contribution in [0.3, 0.4) is 0 Å². The molecule has 4 rings (SSSR count). The van der Waals surface area contributed by atoms with Crippen molar-refractivity contribution in [2.24, 2.45) is 11.8 Å². The molecule has 1 aromatic carbocycles. The van der Waals surface area contributed by atoms with Crippen LogP contribution in [0.2, 0.25) is 5.02 Å². The van der Waals surface area contributed by atoms with Crippen LogP contribution in [0.4, 0.5) is 4.79 Å².